The molecule has 0 saturated heterocycles. The van der Waals surface area contributed by atoms with Crippen molar-refractivity contribution in [2.75, 3.05) is 13.2 Å². The summed E-state index contributed by atoms with van der Waals surface area (Å²) in [6.45, 7) is 8.14. The second kappa shape index (κ2) is 12.4. The second-order valence-corrected chi connectivity index (χ2v) is 8.12. The van der Waals surface area contributed by atoms with Crippen molar-refractivity contribution < 1.29 is 34.3 Å². The number of thiophene rings is 1. The minimum Gasteiger partial charge on any atom is -0.477 e. The first-order valence-corrected chi connectivity index (χ1v) is 10.6. The van der Waals surface area contributed by atoms with Gasteiger partial charge in [-0.15, -0.1) is 4.99 Å². The van der Waals surface area contributed by atoms with Gasteiger partial charge in [-0.05, 0) is 24.8 Å². The Morgan fingerprint density at radius 2 is 1.71 bits per heavy atom. The smallest absolute Gasteiger partial charge is 0.477 e. The van der Waals surface area contributed by atoms with Gasteiger partial charge >= 0.3 is 18.0 Å². The van der Waals surface area contributed by atoms with Crippen molar-refractivity contribution in [2.24, 2.45) is 5.92 Å². The fraction of sp³-hybridized carbons (Fsp3) is 0.650. The predicted molar refractivity (Wildman–Crippen MR) is 109 cm³/mol. The van der Waals surface area contributed by atoms with Crippen LogP contribution in [0.2, 0.25) is 0 Å². The van der Waals surface area contributed by atoms with Crippen LogP contribution in [-0.2, 0) is 9.47 Å². The van der Waals surface area contributed by atoms with Gasteiger partial charge in [-0.3, -0.25) is 0 Å². The van der Waals surface area contributed by atoms with E-state index in [0.717, 1.165) is 30.6 Å². The summed E-state index contributed by atoms with van der Waals surface area (Å²) in [5.74, 6) is -1.54. The Kier molecular flexibility index (Phi) is 10.6. The summed E-state index contributed by atoms with van der Waals surface area (Å²) in [5, 5.41) is 19.4. The second-order valence-electron chi connectivity index (χ2n) is 7.10. The average molecular weight is 415 g/mol. The summed E-state index contributed by atoms with van der Waals surface area (Å²) >= 11 is 0.933. The summed E-state index contributed by atoms with van der Waals surface area (Å²) < 4.78 is 10.4. The minimum absolute atomic E-state index is 0.0730. The Bertz CT molecular complexity index is 680. The lowest BCUT2D eigenvalue weighted by Crippen LogP contribution is -2.67. The van der Waals surface area contributed by atoms with E-state index in [0.29, 0.717) is 12.2 Å². The number of ether oxygens (including phenoxy) is 2. The number of aliphatic hydroxyl groups excluding tert-OH is 1. The maximum atomic E-state index is 12.4. The fourth-order valence-corrected chi connectivity index (χ4v) is 3.63. The predicted octanol–water partition coefficient (Wildman–Crippen LogP) is 3.57. The molecule has 0 saturated carbocycles. The van der Waals surface area contributed by atoms with Gasteiger partial charge < -0.3 is 19.7 Å². The van der Waals surface area contributed by atoms with Crippen molar-refractivity contribution in [3.05, 3.63) is 16.0 Å². The third-order valence-corrected chi connectivity index (χ3v) is 5.24. The Morgan fingerprint density at radius 1 is 1.07 bits per heavy atom. The van der Waals surface area contributed by atoms with E-state index in [1.165, 1.54) is 19.3 Å². The zero-order valence-electron chi connectivity index (χ0n) is 17.2. The van der Waals surface area contributed by atoms with Crippen LogP contribution in [0.3, 0.4) is 0 Å². The first kappa shape index (κ1) is 23.9. The zero-order valence-corrected chi connectivity index (χ0v) is 18.0. The number of carbonyl (C=O) groups excluding carboxylic acids is 1. The van der Waals surface area contributed by atoms with Gasteiger partial charge in [-0.1, -0.05) is 64.2 Å². The van der Waals surface area contributed by atoms with Crippen LogP contribution in [0.25, 0.3) is 0 Å². The first-order valence-electron chi connectivity index (χ1n) is 9.77. The van der Waals surface area contributed by atoms with Gasteiger partial charge in [0, 0.05) is 0 Å². The van der Waals surface area contributed by atoms with Crippen molar-refractivity contribution in [1.29, 1.82) is 0 Å². The molecule has 0 atom stereocenters. The van der Waals surface area contributed by atoms with Crippen LogP contribution in [0.5, 0.6) is 0 Å². The van der Waals surface area contributed by atoms with E-state index in [2.05, 4.69) is 11.9 Å². The largest absolute Gasteiger partial charge is 0.551 e. The highest BCUT2D eigenvalue weighted by Crippen LogP contribution is 2.30. The third kappa shape index (κ3) is 7.88. The van der Waals surface area contributed by atoms with Crippen molar-refractivity contribution in [2.45, 2.75) is 66.2 Å². The number of unbranched alkanes of at least 4 members (excludes halogenated alkanes) is 5. The van der Waals surface area contributed by atoms with Crippen LogP contribution >= 0.6 is 11.3 Å². The Balaban J connectivity index is 2.77. The lowest BCUT2D eigenvalue weighted by Gasteiger charge is -2.04. The summed E-state index contributed by atoms with van der Waals surface area (Å²) in [4.78, 5) is 26.7. The highest BCUT2D eigenvalue weighted by molar-refractivity contribution is 7.17. The molecule has 7 nitrogen and oxygen atoms in total. The van der Waals surface area contributed by atoms with Gasteiger partial charge in [0.1, 0.15) is 17.0 Å². The molecule has 1 rings (SSSR count). The molecule has 0 aliphatic rings. The van der Waals surface area contributed by atoms with Crippen molar-refractivity contribution in [3.63, 3.8) is 0 Å². The number of esters is 1. The molecule has 8 heteroatoms. The molecule has 0 radical (unpaired) electrons. The molecule has 0 bridgehead atoms. The van der Waals surface area contributed by atoms with Crippen LogP contribution in [0.1, 0.15) is 84.9 Å². The number of aromatic carboxylic acids is 1. The van der Waals surface area contributed by atoms with Gasteiger partial charge in [-0.25, -0.2) is 9.59 Å². The maximum absolute atomic E-state index is 12.4. The number of aliphatic hydroxyl groups is 1. The van der Waals surface area contributed by atoms with Crippen molar-refractivity contribution in [3.8, 4) is 0 Å². The van der Waals surface area contributed by atoms with Crippen molar-refractivity contribution >= 4 is 34.4 Å². The van der Waals surface area contributed by atoms with Gasteiger partial charge in [0.2, 0.25) is 0 Å². The molecule has 0 aliphatic carbocycles. The van der Waals surface area contributed by atoms with E-state index in [4.69, 9.17) is 9.47 Å². The summed E-state index contributed by atoms with van der Waals surface area (Å²) in [5.41, 5.74) is 0.237. The van der Waals surface area contributed by atoms with E-state index in [9.17, 15) is 19.8 Å². The molecule has 0 amide bonds. The zero-order chi connectivity index (χ0) is 21.1. The maximum Gasteiger partial charge on any atom is 0.551 e. The molecule has 0 fully saturated rings. The van der Waals surface area contributed by atoms with E-state index < -0.39 is 18.0 Å². The third-order valence-electron chi connectivity index (χ3n) is 4.05. The molecule has 3 N–H and O–H groups in total. The summed E-state index contributed by atoms with van der Waals surface area (Å²) in [7, 11) is 0. The van der Waals surface area contributed by atoms with Crippen molar-refractivity contribution in [1.82, 2.24) is 0 Å². The van der Waals surface area contributed by atoms with Gasteiger partial charge in [-0.2, -0.15) is 0 Å². The number of hydrogen-bond donors (Lipinski definition) is 3. The number of rotatable bonds is 12. The Labute approximate surface area is 170 Å². The monoisotopic (exact) mass is 414 g/mol. The van der Waals surface area contributed by atoms with Gasteiger partial charge in [0.05, 0.1) is 6.61 Å². The van der Waals surface area contributed by atoms with E-state index >= 15 is 0 Å². The summed E-state index contributed by atoms with van der Waals surface area (Å²) in [6.07, 6.45) is 5.99. The standard InChI is InChI=1S/C20H31NO6S/c1-5-6-7-8-9-10-11-26-19(24)16-14(4)15(18(22)23)17(28-16)21-20(25)27-12-13(2)3/h13H,5-12H2,1-4H3,(H,21,25)(H,22,23)/p+1. The molecule has 1 heterocycles. The van der Waals surface area contributed by atoms with Gasteiger partial charge in [0.15, 0.2) is 0 Å². The van der Waals surface area contributed by atoms with Crippen LogP contribution in [0.15, 0.2) is 0 Å². The molecular weight excluding hydrogens is 382 g/mol. The SMILES string of the molecule is CCCCCCCCOC(=O)c1sc(/[NH+]=C(\O)OCC(C)C)c(C(=O)O)c1C. The fourth-order valence-electron chi connectivity index (χ4n) is 2.55. The number of nitrogens with one attached hydrogen (secondary N) is 1. The average Bonchev–Trinajstić information content (AvgIpc) is 2.95. The topological polar surface area (TPSA) is 107 Å². The number of carbonyl (C=O) groups is 2. The molecule has 0 aliphatic heterocycles. The molecule has 0 aromatic carbocycles. The Morgan fingerprint density at radius 3 is 2.32 bits per heavy atom. The first-order chi connectivity index (χ1) is 13.3. The Hall–Kier alpha value is -2.09. The lowest BCUT2D eigenvalue weighted by molar-refractivity contribution is -0.378. The van der Waals surface area contributed by atoms with Crippen LogP contribution in [-0.4, -0.2) is 41.4 Å². The van der Waals surface area contributed by atoms with Crippen LogP contribution < -0.4 is 4.99 Å². The molecule has 158 valence electrons. The molecule has 28 heavy (non-hydrogen) atoms. The number of carboxylic acids is 1. The minimum atomic E-state index is -1.19. The van der Waals surface area contributed by atoms with E-state index in [1.54, 1.807) is 6.92 Å². The molecule has 1 aromatic rings. The number of hydrogen-bond acceptors (Lipinski definition) is 5. The summed E-state index contributed by atoms with van der Waals surface area (Å²) in [6, 6.07) is 0. The molecule has 0 spiro atoms. The van der Waals surface area contributed by atoms with E-state index in [1.807, 2.05) is 13.8 Å². The van der Waals surface area contributed by atoms with Gasteiger partial charge in [0.25, 0.3) is 5.00 Å². The van der Waals surface area contributed by atoms with Crippen LogP contribution in [0.4, 0.5) is 5.00 Å². The molecule has 1 aromatic heterocycles. The highest BCUT2D eigenvalue weighted by Gasteiger charge is 2.29. The quantitative estimate of drug-likeness (QED) is 0.209. The molecule has 0 unspecified atom stereocenters. The van der Waals surface area contributed by atoms with E-state index in [-0.39, 0.29) is 28.0 Å². The van der Waals surface area contributed by atoms with Crippen LogP contribution in [0, 0.1) is 12.8 Å². The highest BCUT2D eigenvalue weighted by atomic mass is 32.1. The normalized spacial score (nSPS) is 11.7. The number of carboxylic acid groups (broad SMARTS) is 1. The molecular formula is C20H32NO6S+. The lowest BCUT2D eigenvalue weighted by atomic mass is 10.1.